The summed E-state index contributed by atoms with van der Waals surface area (Å²) in [5, 5.41) is 7.46. The van der Waals surface area contributed by atoms with Crippen LogP contribution >= 0.6 is 0 Å². The summed E-state index contributed by atoms with van der Waals surface area (Å²) < 4.78 is 11.3. The highest BCUT2D eigenvalue weighted by molar-refractivity contribution is 7.85. The van der Waals surface area contributed by atoms with Gasteiger partial charge in [0.2, 0.25) is 0 Å². The summed E-state index contributed by atoms with van der Waals surface area (Å²) in [6, 6.07) is 3.62. The van der Waals surface area contributed by atoms with Crippen LogP contribution in [0.3, 0.4) is 0 Å². The maximum absolute atomic E-state index is 11.3. The van der Waals surface area contributed by atoms with E-state index in [1.165, 1.54) is 0 Å². The number of nitrogen functional groups attached to an aromatic ring is 1. The molecule has 0 radical (unpaired) electrons. The van der Waals surface area contributed by atoms with Crippen LogP contribution in [0.15, 0.2) is 12.1 Å². The van der Waals surface area contributed by atoms with E-state index < -0.39 is 10.8 Å². The predicted molar refractivity (Wildman–Crippen MR) is 70.1 cm³/mol. The minimum absolute atomic E-state index is 0.0531. The number of hydrogen-bond acceptors (Lipinski definition) is 4. The molecule has 1 saturated heterocycles. The van der Waals surface area contributed by atoms with Gasteiger partial charge in [0.25, 0.3) is 0 Å². The molecule has 0 unspecified atom stereocenters. The molecule has 6 heteroatoms. The van der Waals surface area contributed by atoms with Gasteiger partial charge in [0.15, 0.2) is 0 Å². The van der Waals surface area contributed by atoms with Crippen molar-refractivity contribution in [3.8, 4) is 0 Å². The van der Waals surface area contributed by atoms with Crippen LogP contribution in [0.1, 0.15) is 11.3 Å². The van der Waals surface area contributed by atoms with Crippen LogP contribution in [-0.4, -0.2) is 39.6 Å². The van der Waals surface area contributed by atoms with E-state index in [9.17, 15) is 4.21 Å². The number of aryl methyl sites for hydroxylation is 1. The molecule has 1 aliphatic heterocycles. The summed E-state index contributed by atoms with van der Waals surface area (Å²) in [6.45, 7) is 3.39. The topological polar surface area (TPSA) is 83.1 Å². The first-order valence-corrected chi connectivity index (χ1v) is 6.98. The number of nitrogens with zero attached hydrogens (tertiary/aromatic N) is 2. The second kappa shape index (κ2) is 4.83. The third kappa shape index (κ3) is 2.82. The van der Waals surface area contributed by atoms with Gasteiger partial charge in [0.05, 0.1) is 0 Å². The maximum Gasteiger partial charge on any atom is 0.129 e. The van der Waals surface area contributed by atoms with Gasteiger partial charge in [-0.2, -0.15) is 0 Å². The number of nitrogens with two attached hydrogens (primary N) is 1. The summed E-state index contributed by atoms with van der Waals surface area (Å²) in [5.74, 6) is 2.25. The Kier molecular flexibility index (Phi) is 3.42. The standard InChI is InChI=1S/C11H16N4OS/c1-8-6-9(11(12)13)7-10(14-8)15-2-4-17(16)5-3-15/h6-7H,2-5H2,1H3,(H3,12,13). The second-order valence-corrected chi connectivity index (χ2v) is 5.80. The smallest absolute Gasteiger partial charge is 0.129 e. The summed E-state index contributed by atoms with van der Waals surface area (Å²) in [5.41, 5.74) is 7.03. The highest BCUT2D eigenvalue weighted by Crippen LogP contribution is 2.16. The number of rotatable bonds is 2. The first-order chi connectivity index (χ1) is 8.06. The molecule has 0 saturated carbocycles. The molecule has 0 aromatic carbocycles. The molecule has 92 valence electrons. The van der Waals surface area contributed by atoms with Crippen molar-refractivity contribution in [1.82, 2.24) is 4.98 Å². The van der Waals surface area contributed by atoms with Gasteiger partial charge >= 0.3 is 0 Å². The van der Waals surface area contributed by atoms with Crippen LogP contribution in [0.5, 0.6) is 0 Å². The minimum Gasteiger partial charge on any atom is -0.384 e. The van der Waals surface area contributed by atoms with Crippen molar-refractivity contribution in [2.45, 2.75) is 6.92 Å². The molecule has 1 aromatic rings. The Morgan fingerprint density at radius 2 is 2.12 bits per heavy atom. The first-order valence-electron chi connectivity index (χ1n) is 5.49. The molecule has 0 spiro atoms. The van der Waals surface area contributed by atoms with Crippen molar-refractivity contribution in [3.05, 3.63) is 23.4 Å². The normalized spacial score (nSPS) is 17.1. The number of anilines is 1. The first kappa shape index (κ1) is 12.0. The van der Waals surface area contributed by atoms with Gasteiger partial charge in [-0.15, -0.1) is 0 Å². The van der Waals surface area contributed by atoms with Crippen molar-refractivity contribution < 1.29 is 4.21 Å². The van der Waals surface area contributed by atoms with Crippen LogP contribution in [0.25, 0.3) is 0 Å². The molecule has 1 aliphatic rings. The van der Waals surface area contributed by atoms with E-state index in [-0.39, 0.29) is 5.84 Å². The Labute approximate surface area is 103 Å². The van der Waals surface area contributed by atoms with Gasteiger partial charge in [-0.1, -0.05) is 0 Å². The summed E-state index contributed by atoms with van der Waals surface area (Å²) in [6.07, 6.45) is 0. The molecule has 0 bridgehead atoms. The average Bonchev–Trinajstić information content (AvgIpc) is 2.29. The zero-order valence-electron chi connectivity index (χ0n) is 9.77. The maximum atomic E-state index is 11.3. The van der Waals surface area contributed by atoms with Gasteiger partial charge in [-0.05, 0) is 19.1 Å². The van der Waals surface area contributed by atoms with E-state index in [2.05, 4.69) is 9.88 Å². The lowest BCUT2D eigenvalue weighted by atomic mass is 10.2. The lowest BCUT2D eigenvalue weighted by Crippen LogP contribution is -2.38. The van der Waals surface area contributed by atoms with Crippen molar-refractivity contribution in [3.63, 3.8) is 0 Å². The zero-order valence-corrected chi connectivity index (χ0v) is 10.6. The molecule has 5 nitrogen and oxygen atoms in total. The fourth-order valence-electron chi connectivity index (χ4n) is 1.84. The molecule has 0 amide bonds. The summed E-state index contributed by atoms with van der Waals surface area (Å²) in [7, 11) is -0.691. The van der Waals surface area contributed by atoms with E-state index >= 15 is 0 Å². The van der Waals surface area contributed by atoms with Crippen molar-refractivity contribution in [1.29, 1.82) is 5.41 Å². The molecule has 0 atom stereocenters. The molecule has 3 N–H and O–H groups in total. The van der Waals surface area contributed by atoms with E-state index in [0.29, 0.717) is 17.1 Å². The Morgan fingerprint density at radius 1 is 1.47 bits per heavy atom. The quantitative estimate of drug-likeness (QED) is 0.583. The van der Waals surface area contributed by atoms with Crippen LogP contribution in [0, 0.1) is 12.3 Å². The number of nitrogens with one attached hydrogen (secondary N) is 1. The molecule has 1 fully saturated rings. The van der Waals surface area contributed by atoms with Crippen molar-refractivity contribution in [2.24, 2.45) is 5.73 Å². The molecule has 2 rings (SSSR count). The van der Waals surface area contributed by atoms with Crippen LogP contribution in [0.2, 0.25) is 0 Å². The number of pyridine rings is 1. The van der Waals surface area contributed by atoms with Crippen LogP contribution < -0.4 is 10.6 Å². The van der Waals surface area contributed by atoms with E-state index in [1.807, 2.05) is 13.0 Å². The SMILES string of the molecule is Cc1cc(C(=N)N)cc(N2CCS(=O)CC2)n1. The van der Waals surface area contributed by atoms with Gasteiger partial charge in [-0.3, -0.25) is 9.62 Å². The monoisotopic (exact) mass is 252 g/mol. The largest absolute Gasteiger partial charge is 0.384 e. The highest BCUT2D eigenvalue weighted by atomic mass is 32.2. The molecule has 1 aromatic heterocycles. The number of aromatic nitrogens is 1. The minimum atomic E-state index is -0.691. The summed E-state index contributed by atoms with van der Waals surface area (Å²) >= 11 is 0. The number of hydrogen-bond donors (Lipinski definition) is 2. The van der Waals surface area contributed by atoms with Gasteiger partial charge in [0, 0.05) is 46.7 Å². The third-order valence-corrected chi connectivity index (χ3v) is 4.03. The zero-order chi connectivity index (χ0) is 12.4. The van der Waals surface area contributed by atoms with Gasteiger partial charge in [-0.25, -0.2) is 4.98 Å². The second-order valence-electron chi connectivity index (χ2n) is 4.10. The predicted octanol–water partition coefficient (Wildman–Crippen LogP) is 0.243. The fraction of sp³-hybridized carbons (Fsp3) is 0.455. The Morgan fingerprint density at radius 3 is 2.71 bits per heavy atom. The lowest BCUT2D eigenvalue weighted by molar-refractivity contribution is 0.672. The molecule has 2 heterocycles. The molecule has 17 heavy (non-hydrogen) atoms. The Bertz CT molecular complexity index is 465. The van der Waals surface area contributed by atoms with E-state index in [4.69, 9.17) is 11.1 Å². The molecular weight excluding hydrogens is 236 g/mol. The van der Waals surface area contributed by atoms with Gasteiger partial charge in [0.1, 0.15) is 11.7 Å². The summed E-state index contributed by atoms with van der Waals surface area (Å²) in [4.78, 5) is 6.54. The molecular formula is C11H16N4OS. The van der Waals surface area contributed by atoms with Gasteiger partial charge < -0.3 is 10.6 Å². The average molecular weight is 252 g/mol. The lowest BCUT2D eigenvalue weighted by Gasteiger charge is -2.27. The van der Waals surface area contributed by atoms with Crippen molar-refractivity contribution >= 4 is 22.5 Å². The van der Waals surface area contributed by atoms with E-state index in [1.54, 1.807) is 6.07 Å². The van der Waals surface area contributed by atoms with Crippen molar-refractivity contribution in [2.75, 3.05) is 29.5 Å². The highest BCUT2D eigenvalue weighted by Gasteiger charge is 2.17. The Hall–Kier alpha value is -1.43. The van der Waals surface area contributed by atoms with E-state index in [0.717, 1.165) is 24.6 Å². The van der Waals surface area contributed by atoms with Crippen LogP contribution in [-0.2, 0) is 10.8 Å². The molecule has 0 aliphatic carbocycles. The fourth-order valence-corrected chi connectivity index (χ4v) is 2.89. The third-order valence-electron chi connectivity index (χ3n) is 2.75. The Balaban J connectivity index is 2.26. The number of amidine groups is 1. The van der Waals surface area contributed by atoms with Crippen LogP contribution in [0.4, 0.5) is 5.82 Å².